The normalized spacial score (nSPS) is 19.4. The van der Waals surface area contributed by atoms with Crippen molar-refractivity contribution >= 4 is 6.03 Å². The summed E-state index contributed by atoms with van der Waals surface area (Å²) >= 11 is 0. The first-order valence-electron chi connectivity index (χ1n) is 7.39. The topological polar surface area (TPSA) is 64.6 Å². The number of aliphatic hydroxyl groups is 1. The van der Waals surface area contributed by atoms with Gasteiger partial charge in [-0.2, -0.15) is 0 Å². The number of rotatable bonds is 6. The van der Waals surface area contributed by atoms with Crippen molar-refractivity contribution < 1.29 is 9.90 Å². The van der Waals surface area contributed by atoms with E-state index in [4.69, 9.17) is 0 Å². The lowest BCUT2D eigenvalue weighted by Crippen LogP contribution is -2.45. The average molecular weight is 271 g/mol. The molecule has 0 saturated carbocycles. The zero-order chi connectivity index (χ0) is 14.3. The number of likely N-dealkylation sites (tertiary alicyclic amines) is 1. The molecule has 5 nitrogen and oxygen atoms in total. The summed E-state index contributed by atoms with van der Waals surface area (Å²) in [5.74, 6) is 1.24. The number of amides is 2. The molecule has 1 atom stereocenters. The molecule has 1 aliphatic rings. The number of hydrogen-bond donors (Lipinski definition) is 3. The number of nitrogens with zero attached hydrogens (tertiary/aromatic N) is 1. The summed E-state index contributed by atoms with van der Waals surface area (Å²) < 4.78 is 0. The molecule has 0 spiro atoms. The molecule has 1 unspecified atom stereocenters. The molecular formula is C14H29N3O2. The SMILES string of the molecule is CC(C)CNC(=O)NCC(O)CN1CCC(C)CC1. The van der Waals surface area contributed by atoms with E-state index in [9.17, 15) is 9.90 Å². The van der Waals surface area contributed by atoms with Crippen LogP contribution in [0.15, 0.2) is 0 Å². The highest BCUT2D eigenvalue weighted by Crippen LogP contribution is 2.15. The smallest absolute Gasteiger partial charge is 0.314 e. The quantitative estimate of drug-likeness (QED) is 0.676. The summed E-state index contributed by atoms with van der Waals surface area (Å²) in [6.07, 6.45) is 1.92. The van der Waals surface area contributed by atoms with Crippen LogP contribution in [-0.4, -0.2) is 54.9 Å². The second-order valence-electron chi connectivity index (χ2n) is 6.12. The van der Waals surface area contributed by atoms with Crippen LogP contribution in [0.5, 0.6) is 0 Å². The molecule has 3 N–H and O–H groups in total. The van der Waals surface area contributed by atoms with Crippen molar-refractivity contribution in [2.75, 3.05) is 32.7 Å². The fourth-order valence-electron chi connectivity index (χ4n) is 2.18. The van der Waals surface area contributed by atoms with Gasteiger partial charge in [0.2, 0.25) is 0 Å². The molecule has 0 radical (unpaired) electrons. The largest absolute Gasteiger partial charge is 0.390 e. The van der Waals surface area contributed by atoms with Crippen LogP contribution in [0.4, 0.5) is 4.79 Å². The van der Waals surface area contributed by atoms with Gasteiger partial charge in [-0.3, -0.25) is 0 Å². The van der Waals surface area contributed by atoms with E-state index in [-0.39, 0.29) is 6.03 Å². The summed E-state index contributed by atoms with van der Waals surface area (Å²) in [7, 11) is 0. The van der Waals surface area contributed by atoms with Crippen molar-refractivity contribution in [2.24, 2.45) is 11.8 Å². The van der Waals surface area contributed by atoms with Crippen LogP contribution in [0.2, 0.25) is 0 Å². The number of piperidine rings is 1. The minimum absolute atomic E-state index is 0.194. The van der Waals surface area contributed by atoms with Gasteiger partial charge in [0.05, 0.1) is 6.10 Å². The highest BCUT2D eigenvalue weighted by atomic mass is 16.3. The second kappa shape index (κ2) is 8.38. The first-order valence-corrected chi connectivity index (χ1v) is 7.39. The number of carbonyl (C=O) groups excluding carboxylic acids is 1. The summed E-state index contributed by atoms with van der Waals surface area (Å²) in [5.41, 5.74) is 0. The molecule has 0 aromatic carbocycles. The number of nitrogens with one attached hydrogen (secondary N) is 2. The highest BCUT2D eigenvalue weighted by molar-refractivity contribution is 5.73. The van der Waals surface area contributed by atoms with Gasteiger partial charge in [-0.05, 0) is 37.8 Å². The Balaban J connectivity index is 2.10. The van der Waals surface area contributed by atoms with Crippen molar-refractivity contribution in [2.45, 2.75) is 39.7 Å². The number of β-amino-alcohol motifs (C(OH)–C–C–N with tert-alkyl or cyclic N) is 1. The average Bonchev–Trinajstić information content (AvgIpc) is 2.36. The van der Waals surface area contributed by atoms with Crippen LogP contribution < -0.4 is 10.6 Å². The Labute approximate surface area is 116 Å². The van der Waals surface area contributed by atoms with Crippen molar-refractivity contribution in [3.63, 3.8) is 0 Å². The van der Waals surface area contributed by atoms with Crippen LogP contribution in [-0.2, 0) is 0 Å². The minimum atomic E-state index is -0.488. The van der Waals surface area contributed by atoms with Gasteiger partial charge < -0.3 is 20.6 Å². The minimum Gasteiger partial charge on any atom is -0.390 e. The molecule has 1 heterocycles. The van der Waals surface area contributed by atoms with E-state index >= 15 is 0 Å². The third kappa shape index (κ3) is 7.38. The Kier molecular flexibility index (Phi) is 7.16. The third-order valence-corrected chi connectivity index (χ3v) is 3.51. The molecule has 1 aliphatic heterocycles. The van der Waals surface area contributed by atoms with E-state index in [0.717, 1.165) is 19.0 Å². The predicted octanol–water partition coefficient (Wildman–Crippen LogP) is 1.03. The van der Waals surface area contributed by atoms with Gasteiger partial charge in [-0.25, -0.2) is 4.79 Å². The maximum absolute atomic E-state index is 11.4. The lowest BCUT2D eigenvalue weighted by Gasteiger charge is -2.31. The van der Waals surface area contributed by atoms with Crippen LogP contribution in [0, 0.1) is 11.8 Å². The van der Waals surface area contributed by atoms with E-state index in [1.165, 1.54) is 12.8 Å². The Morgan fingerprint density at radius 3 is 2.42 bits per heavy atom. The van der Waals surface area contributed by atoms with Gasteiger partial charge >= 0.3 is 6.03 Å². The van der Waals surface area contributed by atoms with E-state index in [0.29, 0.717) is 25.6 Å². The molecule has 1 saturated heterocycles. The van der Waals surface area contributed by atoms with E-state index < -0.39 is 6.10 Å². The molecule has 5 heteroatoms. The maximum atomic E-state index is 11.4. The Bertz CT molecular complexity index is 263. The van der Waals surface area contributed by atoms with E-state index in [1.54, 1.807) is 0 Å². The predicted molar refractivity (Wildman–Crippen MR) is 77.1 cm³/mol. The Morgan fingerprint density at radius 1 is 1.26 bits per heavy atom. The zero-order valence-electron chi connectivity index (χ0n) is 12.5. The number of urea groups is 1. The van der Waals surface area contributed by atoms with Gasteiger partial charge in [0.1, 0.15) is 0 Å². The highest BCUT2D eigenvalue weighted by Gasteiger charge is 2.18. The van der Waals surface area contributed by atoms with Crippen LogP contribution in [0.25, 0.3) is 0 Å². The number of hydrogen-bond acceptors (Lipinski definition) is 3. The standard InChI is InChI=1S/C14H29N3O2/c1-11(2)8-15-14(19)16-9-13(18)10-17-6-4-12(3)5-7-17/h11-13,18H,4-10H2,1-3H3,(H2,15,16,19). The summed E-state index contributed by atoms with van der Waals surface area (Å²) in [5, 5.41) is 15.4. The fourth-order valence-corrected chi connectivity index (χ4v) is 2.18. The van der Waals surface area contributed by atoms with Gasteiger partial charge in [0.25, 0.3) is 0 Å². The molecule has 0 bridgehead atoms. The number of carbonyl (C=O) groups is 1. The maximum Gasteiger partial charge on any atom is 0.314 e. The molecule has 2 amide bonds. The molecule has 19 heavy (non-hydrogen) atoms. The summed E-state index contributed by atoms with van der Waals surface area (Å²) in [6, 6.07) is -0.194. The summed E-state index contributed by atoms with van der Waals surface area (Å²) in [4.78, 5) is 13.7. The van der Waals surface area contributed by atoms with Gasteiger partial charge in [0.15, 0.2) is 0 Å². The van der Waals surface area contributed by atoms with Gasteiger partial charge in [0, 0.05) is 19.6 Å². The third-order valence-electron chi connectivity index (χ3n) is 3.51. The lowest BCUT2D eigenvalue weighted by atomic mass is 9.99. The van der Waals surface area contributed by atoms with Gasteiger partial charge in [-0.15, -0.1) is 0 Å². The summed E-state index contributed by atoms with van der Waals surface area (Å²) in [6.45, 7) is 10.1. The van der Waals surface area contributed by atoms with Crippen LogP contribution in [0.1, 0.15) is 33.6 Å². The van der Waals surface area contributed by atoms with Crippen LogP contribution in [0.3, 0.4) is 0 Å². The monoisotopic (exact) mass is 271 g/mol. The first kappa shape index (κ1) is 16.2. The van der Waals surface area contributed by atoms with E-state index in [1.807, 2.05) is 13.8 Å². The molecular weight excluding hydrogens is 242 g/mol. The van der Waals surface area contributed by atoms with Crippen molar-refractivity contribution in [1.29, 1.82) is 0 Å². The first-order chi connectivity index (χ1) is 8.97. The Morgan fingerprint density at radius 2 is 1.84 bits per heavy atom. The molecule has 1 rings (SSSR count). The Hall–Kier alpha value is -0.810. The second-order valence-corrected chi connectivity index (χ2v) is 6.12. The van der Waals surface area contributed by atoms with E-state index in [2.05, 4.69) is 22.5 Å². The number of aliphatic hydroxyl groups excluding tert-OH is 1. The van der Waals surface area contributed by atoms with Crippen molar-refractivity contribution in [1.82, 2.24) is 15.5 Å². The van der Waals surface area contributed by atoms with Crippen LogP contribution >= 0.6 is 0 Å². The lowest BCUT2D eigenvalue weighted by molar-refractivity contribution is 0.0920. The molecule has 0 aromatic rings. The van der Waals surface area contributed by atoms with Crippen molar-refractivity contribution in [3.8, 4) is 0 Å². The zero-order valence-corrected chi connectivity index (χ0v) is 12.5. The molecule has 1 fully saturated rings. The van der Waals surface area contributed by atoms with Gasteiger partial charge in [-0.1, -0.05) is 20.8 Å². The molecule has 0 aromatic heterocycles. The molecule has 0 aliphatic carbocycles. The molecule has 112 valence electrons. The fraction of sp³-hybridized carbons (Fsp3) is 0.929. The van der Waals surface area contributed by atoms with Crippen molar-refractivity contribution in [3.05, 3.63) is 0 Å².